The SMILES string of the molecule is CNCCNCC1CCCCC1C(F)(F)F. The third-order valence-electron chi connectivity index (χ3n) is 3.29. The third-order valence-corrected chi connectivity index (χ3v) is 3.29. The van der Waals surface area contributed by atoms with Crippen LogP contribution in [0.25, 0.3) is 0 Å². The molecule has 2 atom stereocenters. The van der Waals surface area contributed by atoms with E-state index in [9.17, 15) is 13.2 Å². The number of hydrogen-bond donors (Lipinski definition) is 2. The lowest BCUT2D eigenvalue weighted by molar-refractivity contribution is -0.195. The van der Waals surface area contributed by atoms with Gasteiger partial charge in [0.05, 0.1) is 5.92 Å². The summed E-state index contributed by atoms with van der Waals surface area (Å²) in [7, 11) is 1.83. The lowest BCUT2D eigenvalue weighted by Crippen LogP contribution is -2.39. The molecule has 1 aliphatic rings. The quantitative estimate of drug-likeness (QED) is 0.717. The molecule has 1 rings (SSSR count). The molecule has 2 nitrogen and oxygen atoms in total. The van der Waals surface area contributed by atoms with E-state index in [1.165, 1.54) is 0 Å². The molecule has 0 amide bonds. The average molecular weight is 238 g/mol. The molecule has 1 fully saturated rings. The summed E-state index contributed by atoms with van der Waals surface area (Å²) in [4.78, 5) is 0. The number of hydrogen-bond acceptors (Lipinski definition) is 2. The van der Waals surface area contributed by atoms with Crippen LogP contribution >= 0.6 is 0 Å². The summed E-state index contributed by atoms with van der Waals surface area (Å²) in [5, 5.41) is 6.06. The van der Waals surface area contributed by atoms with Crippen molar-refractivity contribution in [1.82, 2.24) is 10.6 Å². The second-order valence-electron chi connectivity index (χ2n) is 4.50. The van der Waals surface area contributed by atoms with Crippen LogP contribution in [0.15, 0.2) is 0 Å². The third kappa shape index (κ3) is 4.29. The molecule has 0 aliphatic heterocycles. The Morgan fingerprint density at radius 3 is 2.44 bits per heavy atom. The Balaban J connectivity index is 2.35. The lowest BCUT2D eigenvalue weighted by Gasteiger charge is -2.33. The molecule has 0 aromatic carbocycles. The van der Waals surface area contributed by atoms with Gasteiger partial charge < -0.3 is 10.6 Å². The van der Waals surface area contributed by atoms with E-state index in [2.05, 4.69) is 10.6 Å². The monoisotopic (exact) mass is 238 g/mol. The fourth-order valence-electron chi connectivity index (χ4n) is 2.38. The van der Waals surface area contributed by atoms with Crippen molar-refractivity contribution in [3.8, 4) is 0 Å². The molecule has 2 unspecified atom stereocenters. The van der Waals surface area contributed by atoms with Crippen LogP contribution in [0.2, 0.25) is 0 Å². The summed E-state index contributed by atoms with van der Waals surface area (Å²) < 4.78 is 38.2. The van der Waals surface area contributed by atoms with Crippen LogP contribution in [0, 0.1) is 11.8 Å². The molecule has 0 heterocycles. The van der Waals surface area contributed by atoms with Crippen LogP contribution in [-0.4, -0.2) is 32.9 Å². The fraction of sp³-hybridized carbons (Fsp3) is 1.00. The topological polar surface area (TPSA) is 24.1 Å². The Labute approximate surface area is 95.0 Å². The minimum Gasteiger partial charge on any atom is -0.318 e. The average Bonchev–Trinajstić information content (AvgIpc) is 2.24. The van der Waals surface area contributed by atoms with E-state index in [1.807, 2.05) is 7.05 Å². The van der Waals surface area contributed by atoms with E-state index in [0.29, 0.717) is 19.4 Å². The summed E-state index contributed by atoms with van der Waals surface area (Å²) in [6.07, 6.45) is -1.35. The van der Waals surface area contributed by atoms with Gasteiger partial charge in [-0.2, -0.15) is 13.2 Å². The first-order valence-electron chi connectivity index (χ1n) is 5.97. The van der Waals surface area contributed by atoms with E-state index >= 15 is 0 Å². The molecule has 0 bridgehead atoms. The molecule has 0 aromatic rings. The highest BCUT2D eigenvalue weighted by molar-refractivity contribution is 4.81. The van der Waals surface area contributed by atoms with E-state index < -0.39 is 12.1 Å². The highest BCUT2D eigenvalue weighted by atomic mass is 19.4. The van der Waals surface area contributed by atoms with Crippen LogP contribution in [0.4, 0.5) is 13.2 Å². The van der Waals surface area contributed by atoms with Crippen molar-refractivity contribution in [3.63, 3.8) is 0 Å². The summed E-state index contributed by atoms with van der Waals surface area (Å²) in [5.41, 5.74) is 0. The first-order chi connectivity index (χ1) is 7.55. The molecular weight excluding hydrogens is 217 g/mol. The van der Waals surface area contributed by atoms with E-state index in [0.717, 1.165) is 25.9 Å². The van der Waals surface area contributed by atoms with Gasteiger partial charge in [0.25, 0.3) is 0 Å². The van der Waals surface area contributed by atoms with Gasteiger partial charge in [0.2, 0.25) is 0 Å². The Hall–Kier alpha value is -0.290. The van der Waals surface area contributed by atoms with Crippen LogP contribution < -0.4 is 10.6 Å². The number of rotatable bonds is 5. The maximum absolute atomic E-state index is 12.7. The van der Waals surface area contributed by atoms with Crippen molar-refractivity contribution in [2.45, 2.75) is 31.9 Å². The zero-order valence-electron chi connectivity index (χ0n) is 9.74. The van der Waals surface area contributed by atoms with Gasteiger partial charge in [0, 0.05) is 13.1 Å². The summed E-state index contributed by atoms with van der Waals surface area (Å²) in [6, 6.07) is 0. The molecule has 5 heteroatoms. The molecule has 0 radical (unpaired) electrons. The van der Waals surface area contributed by atoms with Crippen molar-refractivity contribution in [1.29, 1.82) is 0 Å². The maximum atomic E-state index is 12.7. The summed E-state index contributed by atoms with van der Waals surface area (Å²) in [5.74, 6) is -1.33. The zero-order valence-corrected chi connectivity index (χ0v) is 9.74. The predicted octanol–water partition coefficient (Wildman–Crippen LogP) is 2.16. The first kappa shape index (κ1) is 13.8. The van der Waals surface area contributed by atoms with Crippen molar-refractivity contribution >= 4 is 0 Å². The van der Waals surface area contributed by atoms with Gasteiger partial charge in [0.15, 0.2) is 0 Å². The van der Waals surface area contributed by atoms with Gasteiger partial charge in [-0.25, -0.2) is 0 Å². The fourth-order valence-corrected chi connectivity index (χ4v) is 2.38. The van der Waals surface area contributed by atoms with Crippen LogP contribution in [0.1, 0.15) is 25.7 Å². The zero-order chi connectivity index (χ0) is 12.0. The predicted molar refractivity (Wildman–Crippen MR) is 58.3 cm³/mol. The van der Waals surface area contributed by atoms with Gasteiger partial charge in [-0.05, 0) is 32.4 Å². The van der Waals surface area contributed by atoms with Gasteiger partial charge in [-0.15, -0.1) is 0 Å². The largest absolute Gasteiger partial charge is 0.392 e. The first-order valence-corrected chi connectivity index (χ1v) is 5.97. The number of nitrogens with one attached hydrogen (secondary N) is 2. The highest BCUT2D eigenvalue weighted by Crippen LogP contribution is 2.40. The molecule has 96 valence electrons. The Morgan fingerprint density at radius 2 is 1.81 bits per heavy atom. The van der Waals surface area contributed by atoms with Gasteiger partial charge in [-0.3, -0.25) is 0 Å². The lowest BCUT2D eigenvalue weighted by atomic mass is 9.79. The van der Waals surface area contributed by atoms with Crippen molar-refractivity contribution in [3.05, 3.63) is 0 Å². The van der Waals surface area contributed by atoms with Gasteiger partial charge in [-0.1, -0.05) is 12.8 Å². The highest BCUT2D eigenvalue weighted by Gasteiger charge is 2.44. The number of halogens is 3. The van der Waals surface area contributed by atoms with Crippen molar-refractivity contribution < 1.29 is 13.2 Å². The molecule has 1 aliphatic carbocycles. The molecular formula is C11H21F3N2. The summed E-state index contributed by atoms with van der Waals surface area (Å²) >= 11 is 0. The minimum absolute atomic E-state index is 0.231. The van der Waals surface area contributed by atoms with Crippen molar-refractivity contribution in [2.75, 3.05) is 26.7 Å². The molecule has 0 aromatic heterocycles. The number of likely N-dealkylation sites (N-methyl/N-ethyl adjacent to an activating group) is 1. The van der Waals surface area contributed by atoms with Crippen LogP contribution in [0.5, 0.6) is 0 Å². The van der Waals surface area contributed by atoms with E-state index in [4.69, 9.17) is 0 Å². The van der Waals surface area contributed by atoms with Gasteiger partial charge in [0.1, 0.15) is 0 Å². The second-order valence-corrected chi connectivity index (χ2v) is 4.50. The Morgan fingerprint density at radius 1 is 1.12 bits per heavy atom. The normalized spacial score (nSPS) is 27.0. The van der Waals surface area contributed by atoms with E-state index in [1.54, 1.807) is 0 Å². The second kappa shape index (κ2) is 6.45. The summed E-state index contributed by atoms with van der Waals surface area (Å²) in [6.45, 7) is 2.02. The Kier molecular flexibility index (Phi) is 5.55. The molecule has 0 spiro atoms. The standard InChI is InChI=1S/C11H21F3N2/c1-15-6-7-16-8-9-4-2-3-5-10(9)11(12,13)14/h9-10,15-16H,2-8H2,1H3. The van der Waals surface area contributed by atoms with Gasteiger partial charge >= 0.3 is 6.18 Å². The number of alkyl halides is 3. The van der Waals surface area contributed by atoms with Crippen molar-refractivity contribution in [2.24, 2.45) is 11.8 Å². The van der Waals surface area contributed by atoms with E-state index in [-0.39, 0.29) is 5.92 Å². The van der Waals surface area contributed by atoms with Crippen LogP contribution in [0.3, 0.4) is 0 Å². The molecule has 16 heavy (non-hydrogen) atoms. The molecule has 2 N–H and O–H groups in total. The minimum atomic E-state index is -4.02. The van der Waals surface area contributed by atoms with Crippen LogP contribution in [-0.2, 0) is 0 Å². The molecule has 1 saturated carbocycles. The maximum Gasteiger partial charge on any atom is 0.392 e. The smallest absolute Gasteiger partial charge is 0.318 e. The Bertz CT molecular complexity index is 194. The molecule has 0 saturated heterocycles.